The van der Waals surface area contributed by atoms with E-state index in [1.807, 2.05) is 0 Å². The SMILES string of the molecule is CCCCC/C=C\C/C=C\C/C=C\CCCCCCCCC(=O)OC(COC(=O)CCCCCCCCCCCCCCCCC)COP(=O)(O)OCC(N)C(=O)O. The van der Waals surface area contributed by atoms with Crippen LogP contribution in [0.5, 0.6) is 0 Å². The second-order valence-corrected chi connectivity index (χ2v) is 17.0. The predicted molar refractivity (Wildman–Crippen MR) is 235 cm³/mol. The van der Waals surface area contributed by atoms with E-state index in [-0.39, 0.29) is 19.4 Å². The van der Waals surface area contributed by atoms with Gasteiger partial charge in [-0.05, 0) is 51.4 Å². The first kappa shape index (κ1) is 55.7. The zero-order valence-corrected chi connectivity index (χ0v) is 37.5. The number of aliphatic carboxylic acids is 1. The van der Waals surface area contributed by atoms with Crippen molar-refractivity contribution in [1.82, 2.24) is 0 Å². The van der Waals surface area contributed by atoms with Crippen LogP contribution in [-0.2, 0) is 37.5 Å². The Morgan fingerprint density at radius 3 is 1.40 bits per heavy atom. The number of ether oxygens (including phenoxy) is 2. The minimum Gasteiger partial charge on any atom is -0.480 e. The summed E-state index contributed by atoms with van der Waals surface area (Å²) in [6, 6.07) is -1.52. The van der Waals surface area contributed by atoms with Gasteiger partial charge in [0.1, 0.15) is 12.6 Å². The summed E-state index contributed by atoms with van der Waals surface area (Å²) in [6.07, 6.45) is 44.8. The highest BCUT2D eigenvalue weighted by Gasteiger charge is 2.28. The van der Waals surface area contributed by atoms with Crippen LogP contribution in [0.3, 0.4) is 0 Å². The molecule has 0 rings (SSSR count). The van der Waals surface area contributed by atoms with Gasteiger partial charge in [-0.15, -0.1) is 0 Å². The number of carbonyl (C=O) groups is 3. The van der Waals surface area contributed by atoms with Gasteiger partial charge >= 0.3 is 25.7 Å². The van der Waals surface area contributed by atoms with Gasteiger partial charge in [-0.3, -0.25) is 23.4 Å². The molecule has 0 radical (unpaired) electrons. The molecule has 0 amide bonds. The van der Waals surface area contributed by atoms with Crippen LogP contribution >= 0.6 is 7.82 Å². The number of phosphoric ester groups is 1. The molecule has 338 valence electrons. The van der Waals surface area contributed by atoms with Crippen molar-refractivity contribution in [3.63, 3.8) is 0 Å². The molecule has 0 aromatic heterocycles. The van der Waals surface area contributed by atoms with Crippen molar-refractivity contribution in [3.05, 3.63) is 36.5 Å². The molecule has 0 heterocycles. The van der Waals surface area contributed by atoms with Gasteiger partial charge in [-0.2, -0.15) is 0 Å². The topological polar surface area (TPSA) is 172 Å². The summed E-state index contributed by atoms with van der Waals surface area (Å²) in [5.41, 5.74) is 5.34. The Morgan fingerprint density at radius 2 is 0.914 bits per heavy atom. The lowest BCUT2D eigenvalue weighted by atomic mass is 10.0. The Hall–Kier alpha value is -2.30. The number of carboxylic acid groups (broad SMARTS) is 1. The van der Waals surface area contributed by atoms with E-state index >= 15 is 0 Å². The molecule has 3 unspecified atom stereocenters. The van der Waals surface area contributed by atoms with Gasteiger partial charge in [0, 0.05) is 12.8 Å². The van der Waals surface area contributed by atoms with Crippen LogP contribution in [0.4, 0.5) is 0 Å². The van der Waals surface area contributed by atoms with Crippen LogP contribution in [0.15, 0.2) is 36.5 Å². The number of rotatable bonds is 43. The van der Waals surface area contributed by atoms with Gasteiger partial charge in [-0.25, -0.2) is 4.57 Å². The minimum atomic E-state index is -4.72. The third-order valence-electron chi connectivity index (χ3n) is 9.89. The zero-order chi connectivity index (χ0) is 42.8. The summed E-state index contributed by atoms with van der Waals surface area (Å²) in [5, 5.41) is 8.90. The van der Waals surface area contributed by atoms with Gasteiger partial charge < -0.3 is 25.2 Å². The monoisotopic (exact) mass is 842 g/mol. The van der Waals surface area contributed by atoms with Crippen LogP contribution in [0.2, 0.25) is 0 Å². The zero-order valence-electron chi connectivity index (χ0n) is 36.6. The number of allylic oxidation sites excluding steroid dienone is 6. The standard InChI is InChI=1S/C46H84NO10P/c1-3-5-7-9-11-13-15-17-19-20-21-22-24-26-28-30-32-34-36-38-45(49)57-42(40-55-58(52,53)56-41-43(47)46(50)51)39-54-44(48)37-35-33-31-29-27-25-23-18-16-14-12-10-8-6-4-2/h11,13,17,19,21-22,42-43H,3-10,12,14-16,18,20,23-41,47H2,1-2H3,(H,50,51)(H,52,53)/b13-11-,19-17-,22-21-. The Labute approximate surface area is 353 Å². The molecular weight excluding hydrogens is 757 g/mol. The van der Waals surface area contributed by atoms with E-state index in [2.05, 4.69) is 54.8 Å². The number of unbranched alkanes of at least 4 members (excludes halogenated alkanes) is 23. The molecule has 0 saturated carbocycles. The molecule has 3 atom stereocenters. The molecule has 0 spiro atoms. The number of nitrogens with two attached hydrogens (primary N) is 1. The lowest BCUT2D eigenvalue weighted by Gasteiger charge is -2.20. The Balaban J connectivity index is 4.34. The van der Waals surface area contributed by atoms with Gasteiger partial charge in [0.2, 0.25) is 0 Å². The van der Waals surface area contributed by atoms with Crippen molar-refractivity contribution in [1.29, 1.82) is 0 Å². The molecule has 12 heteroatoms. The van der Waals surface area contributed by atoms with Crippen LogP contribution in [-0.4, -0.2) is 59.9 Å². The lowest BCUT2D eigenvalue weighted by Crippen LogP contribution is -2.34. The Morgan fingerprint density at radius 1 is 0.534 bits per heavy atom. The highest BCUT2D eigenvalue weighted by Crippen LogP contribution is 2.43. The fourth-order valence-corrected chi connectivity index (χ4v) is 7.03. The van der Waals surface area contributed by atoms with Crippen LogP contribution in [0.1, 0.15) is 206 Å². The molecule has 0 aliphatic heterocycles. The van der Waals surface area contributed by atoms with Gasteiger partial charge in [0.25, 0.3) is 0 Å². The van der Waals surface area contributed by atoms with E-state index < -0.39 is 51.1 Å². The van der Waals surface area contributed by atoms with Gasteiger partial charge in [-0.1, -0.05) is 179 Å². The van der Waals surface area contributed by atoms with Crippen molar-refractivity contribution in [2.75, 3.05) is 19.8 Å². The molecular formula is C46H84NO10P. The van der Waals surface area contributed by atoms with E-state index in [1.54, 1.807) is 0 Å². The number of phosphoric acid groups is 1. The molecule has 0 aliphatic rings. The number of esters is 2. The lowest BCUT2D eigenvalue weighted by molar-refractivity contribution is -0.161. The van der Waals surface area contributed by atoms with Crippen molar-refractivity contribution in [3.8, 4) is 0 Å². The average Bonchev–Trinajstić information content (AvgIpc) is 3.20. The largest absolute Gasteiger partial charge is 0.480 e. The summed E-state index contributed by atoms with van der Waals surface area (Å²) in [4.78, 5) is 46.0. The minimum absolute atomic E-state index is 0.148. The van der Waals surface area contributed by atoms with Crippen LogP contribution < -0.4 is 5.73 Å². The number of hydrogen-bond acceptors (Lipinski definition) is 9. The first-order valence-corrected chi connectivity index (χ1v) is 24.5. The highest BCUT2D eigenvalue weighted by atomic mass is 31.2. The van der Waals surface area contributed by atoms with E-state index in [9.17, 15) is 23.8 Å². The predicted octanol–water partition coefficient (Wildman–Crippen LogP) is 12.4. The maximum Gasteiger partial charge on any atom is 0.472 e. The third kappa shape index (κ3) is 40.5. The smallest absolute Gasteiger partial charge is 0.472 e. The quantitative estimate of drug-likeness (QED) is 0.0231. The molecule has 11 nitrogen and oxygen atoms in total. The highest BCUT2D eigenvalue weighted by molar-refractivity contribution is 7.47. The Bertz CT molecular complexity index is 1130. The van der Waals surface area contributed by atoms with Crippen molar-refractivity contribution >= 4 is 25.7 Å². The number of hydrogen-bond donors (Lipinski definition) is 3. The van der Waals surface area contributed by atoms with E-state index in [1.165, 1.54) is 96.3 Å². The maximum absolute atomic E-state index is 12.6. The van der Waals surface area contributed by atoms with Gasteiger partial charge in [0.05, 0.1) is 13.2 Å². The fourth-order valence-electron chi connectivity index (χ4n) is 6.25. The summed E-state index contributed by atoms with van der Waals surface area (Å²) in [5.74, 6) is -2.39. The number of carbonyl (C=O) groups excluding carboxylic acids is 2. The number of carboxylic acids is 1. The molecule has 0 fully saturated rings. The first-order chi connectivity index (χ1) is 28.1. The maximum atomic E-state index is 12.6. The summed E-state index contributed by atoms with van der Waals surface area (Å²) < 4.78 is 32.7. The summed E-state index contributed by atoms with van der Waals surface area (Å²) >= 11 is 0. The van der Waals surface area contributed by atoms with Crippen LogP contribution in [0.25, 0.3) is 0 Å². The Kier molecular flexibility index (Phi) is 39.8. The van der Waals surface area contributed by atoms with Crippen molar-refractivity contribution in [2.45, 2.75) is 219 Å². The fraction of sp³-hybridized carbons (Fsp3) is 0.804. The molecule has 0 aromatic rings. The van der Waals surface area contributed by atoms with Crippen molar-refractivity contribution < 1.29 is 47.5 Å². The normalized spacial score (nSPS) is 14.0. The molecule has 4 N–H and O–H groups in total. The third-order valence-corrected chi connectivity index (χ3v) is 10.8. The van der Waals surface area contributed by atoms with Gasteiger partial charge in [0.15, 0.2) is 6.10 Å². The molecule has 0 bridgehead atoms. The molecule has 0 aromatic carbocycles. The second-order valence-electron chi connectivity index (χ2n) is 15.5. The first-order valence-electron chi connectivity index (χ1n) is 23.0. The molecule has 0 saturated heterocycles. The summed E-state index contributed by atoms with van der Waals surface area (Å²) in [7, 11) is -4.72. The second kappa shape index (κ2) is 41.4. The van der Waals surface area contributed by atoms with E-state index in [0.29, 0.717) is 12.8 Å². The molecule has 0 aliphatic carbocycles. The van der Waals surface area contributed by atoms with E-state index in [0.717, 1.165) is 70.6 Å². The van der Waals surface area contributed by atoms with E-state index in [4.69, 9.17) is 24.8 Å². The molecule has 58 heavy (non-hydrogen) atoms. The van der Waals surface area contributed by atoms with Crippen molar-refractivity contribution in [2.24, 2.45) is 5.73 Å². The van der Waals surface area contributed by atoms with Crippen LogP contribution in [0, 0.1) is 0 Å². The summed E-state index contributed by atoms with van der Waals surface area (Å²) in [6.45, 7) is 2.78. The average molecular weight is 842 g/mol.